The maximum atomic E-state index is 11.9. The molecule has 6 heteroatoms. The van der Waals surface area contributed by atoms with E-state index in [1.807, 2.05) is 13.0 Å². The van der Waals surface area contributed by atoms with Crippen molar-refractivity contribution in [1.29, 1.82) is 0 Å². The van der Waals surface area contributed by atoms with E-state index in [1.165, 1.54) is 18.7 Å². The lowest BCUT2D eigenvalue weighted by molar-refractivity contribution is 0.102. The fourth-order valence-electron chi connectivity index (χ4n) is 1.40. The number of carbonyl (C=O) groups is 1. The average Bonchev–Trinajstić information content (AvgIpc) is 2.37. The number of aryl methyl sites for hydroxylation is 1. The van der Waals surface area contributed by atoms with Crippen molar-refractivity contribution in [2.75, 3.05) is 11.1 Å². The van der Waals surface area contributed by atoms with Crippen molar-refractivity contribution in [2.45, 2.75) is 6.92 Å². The molecule has 0 fully saturated rings. The third-order valence-electron chi connectivity index (χ3n) is 2.43. The maximum Gasteiger partial charge on any atom is 0.258 e. The minimum Gasteiger partial charge on any atom is -0.398 e. The summed E-state index contributed by atoms with van der Waals surface area (Å²) in [6.07, 6.45) is 4.28. The second-order valence-electron chi connectivity index (χ2n) is 3.77. The van der Waals surface area contributed by atoms with Gasteiger partial charge in [0.25, 0.3) is 5.91 Å². The molecule has 18 heavy (non-hydrogen) atoms. The highest BCUT2D eigenvalue weighted by Crippen LogP contribution is 2.28. The van der Waals surface area contributed by atoms with Gasteiger partial charge in [0.05, 0.1) is 11.3 Å². The van der Waals surface area contributed by atoms with Crippen LogP contribution in [0.1, 0.15) is 15.9 Å². The Kier molecular flexibility index (Phi) is 3.57. The topological polar surface area (TPSA) is 80.9 Å². The number of halogens is 1. The summed E-state index contributed by atoms with van der Waals surface area (Å²) in [4.78, 5) is 19.5. The van der Waals surface area contributed by atoms with Crippen LogP contribution < -0.4 is 11.1 Å². The van der Waals surface area contributed by atoms with Crippen molar-refractivity contribution in [1.82, 2.24) is 9.97 Å². The van der Waals surface area contributed by atoms with Crippen LogP contribution in [-0.2, 0) is 0 Å². The number of nitrogens with one attached hydrogen (secondary N) is 1. The van der Waals surface area contributed by atoms with Crippen molar-refractivity contribution in [3.8, 4) is 0 Å². The molecule has 0 unspecified atom stereocenters. The number of nitrogens with zero attached hydrogens (tertiary/aromatic N) is 2. The number of hydrogen-bond donors (Lipinski definition) is 2. The van der Waals surface area contributed by atoms with E-state index in [1.54, 1.807) is 6.07 Å². The molecule has 0 atom stereocenters. The first-order valence-electron chi connectivity index (χ1n) is 5.20. The molecule has 0 aliphatic carbocycles. The maximum absolute atomic E-state index is 11.9. The van der Waals surface area contributed by atoms with Gasteiger partial charge in [-0.3, -0.25) is 4.79 Å². The Bertz CT molecular complexity index is 586. The molecule has 1 amide bonds. The van der Waals surface area contributed by atoms with Crippen LogP contribution in [0.3, 0.4) is 0 Å². The van der Waals surface area contributed by atoms with Crippen molar-refractivity contribution in [2.24, 2.45) is 0 Å². The lowest BCUT2D eigenvalue weighted by Crippen LogP contribution is -2.13. The van der Waals surface area contributed by atoms with Gasteiger partial charge in [0.2, 0.25) is 0 Å². The number of amides is 1. The standard InChI is InChI=1S/C12H11BrN4O/c1-7-2-9(13)11(3-10(7)14)17-12(18)8-4-15-6-16-5-8/h2-6H,14H2,1H3,(H,17,18). The molecule has 0 spiro atoms. The molecule has 2 rings (SSSR count). The van der Waals surface area contributed by atoms with Gasteiger partial charge < -0.3 is 11.1 Å². The Morgan fingerprint density at radius 2 is 2.00 bits per heavy atom. The summed E-state index contributed by atoms with van der Waals surface area (Å²) in [6.45, 7) is 1.90. The molecule has 3 N–H and O–H groups in total. The van der Waals surface area contributed by atoms with Crippen molar-refractivity contribution < 1.29 is 4.79 Å². The highest BCUT2D eigenvalue weighted by Gasteiger charge is 2.10. The highest BCUT2D eigenvalue weighted by atomic mass is 79.9. The molecule has 1 heterocycles. The normalized spacial score (nSPS) is 10.1. The van der Waals surface area contributed by atoms with E-state index in [4.69, 9.17) is 5.73 Å². The van der Waals surface area contributed by atoms with Gasteiger partial charge in [-0.2, -0.15) is 0 Å². The Morgan fingerprint density at radius 1 is 1.33 bits per heavy atom. The molecule has 0 radical (unpaired) electrons. The Labute approximate surface area is 113 Å². The van der Waals surface area contributed by atoms with Crippen LogP contribution >= 0.6 is 15.9 Å². The van der Waals surface area contributed by atoms with Crippen LogP contribution in [0.5, 0.6) is 0 Å². The van der Waals surface area contributed by atoms with Crippen molar-refractivity contribution in [3.63, 3.8) is 0 Å². The van der Waals surface area contributed by atoms with Crippen LogP contribution in [0.15, 0.2) is 35.3 Å². The summed E-state index contributed by atoms with van der Waals surface area (Å²) >= 11 is 3.38. The van der Waals surface area contributed by atoms with E-state index in [-0.39, 0.29) is 5.91 Å². The summed E-state index contributed by atoms with van der Waals surface area (Å²) < 4.78 is 0.777. The van der Waals surface area contributed by atoms with Crippen molar-refractivity contribution in [3.05, 3.63) is 46.5 Å². The molecule has 0 aliphatic rings. The van der Waals surface area contributed by atoms with Crippen molar-refractivity contribution >= 4 is 33.2 Å². The molecule has 0 aliphatic heterocycles. The number of carbonyl (C=O) groups excluding carboxylic acids is 1. The quantitative estimate of drug-likeness (QED) is 0.835. The predicted octanol–water partition coefficient (Wildman–Crippen LogP) is 2.38. The fraction of sp³-hybridized carbons (Fsp3) is 0.0833. The van der Waals surface area contributed by atoms with E-state index in [0.29, 0.717) is 16.9 Å². The van der Waals surface area contributed by atoms with Gasteiger partial charge in [0.15, 0.2) is 0 Å². The minimum absolute atomic E-state index is 0.278. The number of rotatable bonds is 2. The molecule has 1 aromatic heterocycles. The number of nitrogen functional groups attached to an aromatic ring is 1. The zero-order valence-corrected chi connectivity index (χ0v) is 11.2. The second-order valence-corrected chi connectivity index (χ2v) is 4.62. The van der Waals surface area contributed by atoms with Gasteiger partial charge in [-0.15, -0.1) is 0 Å². The van der Waals surface area contributed by atoms with E-state index >= 15 is 0 Å². The zero-order chi connectivity index (χ0) is 13.1. The van der Waals surface area contributed by atoms with E-state index in [9.17, 15) is 4.79 Å². The third-order valence-corrected chi connectivity index (χ3v) is 3.08. The highest BCUT2D eigenvalue weighted by molar-refractivity contribution is 9.10. The van der Waals surface area contributed by atoms with Crippen LogP contribution in [0.25, 0.3) is 0 Å². The van der Waals surface area contributed by atoms with Crippen LogP contribution in [-0.4, -0.2) is 15.9 Å². The summed E-state index contributed by atoms with van der Waals surface area (Å²) in [7, 11) is 0. The number of nitrogens with two attached hydrogens (primary N) is 1. The lowest BCUT2D eigenvalue weighted by Gasteiger charge is -2.09. The molecule has 0 saturated heterocycles. The molecule has 2 aromatic rings. The van der Waals surface area contributed by atoms with Gasteiger partial charge in [-0.1, -0.05) is 0 Å². The monoisotopic (exact) mass is 306 g/mol. The summed E-state index contributed by atoms with van der Waals surface area (Å²) in [5.74, 6) is -0.278. The minimum atomic E-state index is -0.278. The molecule has 1 aromatic carbocycles. The first-order valence-corrected chi connectivity index (χ1v) is 5.99. The molecule has 92 valence electrons. The second kappa shape index (κ2) is 5.14. The lowest BCUT2D eigenvalue weighted by atomic mass is 10.2. The summed E-state index contributed by atoms with van der Waals surface area (Å²) in [5.41, 5.74) is 8.39. The van der Waals surface area contributed by atoms with E-state index < -0.39 is 0 Å². The Morgan fingerprint density at radius 3 is 2.67 bits per heavy atom. The third kappa shape index (κ3) is 2.65. The molecular formula is C12H11BrN4O. The number of anilines is 2. The first-order chi connectivity index (χ1) is 8.58. The molecular weight excluding hydrogens is 296 g/mol. The van der Waals surface area contributed by atoms with Gasteiger partial charge in [-0.05, 0) is 40.5 Å². The van der Waals surface area contributed by atoms with Crippen LogP contribution in [0.2, 0.25) is 0 Å². The molecule has 5 nitrogen and oxygen atoms in total. The van der Waals surface area contributed by atoms with Gasteiger partial charge in [-0.25, -0.2) is 9.97 Å². The number of hydrogen-bond acceptors (Lipinski definition) is 4. The largest absolute Gasteiger partial charge is 0.398 e. The zero-order valence-electron chi connectivity index (χ0n) is 9.64. The molecule has 0 bridgehead atoms. The molecule has 0 saturated carbocycles. The first kappa shape index (κ1) is 12.5. The number of aromatic nitrogens is 2. The Balaban J connectivity index is 2.25. The predicted molar refractivity (Wildman–Crippen MR) is 73.3 cm³/mol. The summed E-state index contributed by atoms with van der Waals surface area (Å²) in [6, 6.07) is 3.56. The van der Waals surface area contributed by atoms with E-state index in [0.717, 1.165) is 10.0 Å². The average molecular weight is 307 g/mol. The van der Waals surface area contributed by atoms with Crippen LogP contribution in [0.4, 0.5) is 11.4 Å². The fourth-order valence-corrected chi connectivity index (χ4v) is 1.95. The number of benzene rings is 1. The SMILES string of the molecule is Cc1cc(Br)c(NC(=O)c2cncnc2)cc1N. The van der Waals surface area contributed by atoms with Gasteiger partial charge >= 0.3 is 0 Å². The van der Waals surface area contributed by atoms with E-state index in [2.05, 4.69) is 31.2 Å². The van der Waals surface area contributed by atoms with Gasteiger partial charge in [0.1, 0.15) is 6.33 Å². The summed E-state index contributed by atoms with van der Waals surface area (Å²) in [5, 5.41) is 2.75. The Hall–Kier alpha value is -1.95. The smallest absolute Gasteiger partial charge is 0.258 e. The van der Waals surface area contributed by atoms with Gasteiger partial charge in [0, 0.05) is 22.6 Å². The van der Waals surface area contributed by atoms with Crippen LogP contribution in [0, 0.1) is 6.92 Å².